The van der Waals surface area contributed by atoms with Gasteiger partial charge in [0.05, 0.1) is 18.5 Å². The zero-order chi connectivity index (χ0) is 19.2. The number of hydrogen-bond acceptors (Lipinski definition) is 8. The van der Waals surface area contributed by atoms with Gasteiger partial charge in [-0.15, -0.1) is 0 Å². The first kappa shape index (κ1) is 20.9. The van der Waals surface area contributed by atoms with Gasteiger partial charge in [-0.3, -0.25) is 8.98 Å². The molecule has 26 heavy (non-hydrogen) atoms. The third-order valence-corrected chi connectivity index (χ3v) is 6.81. The number of aldehydes is 1. The topological polar surface area (TPSA) is 109 Å². The van der Waals surface area contributed by atoms with E-state index in [0.29, 0.717) is 31.5 Å². The van der Waals surface area contributed by atoms with Gasteiger partial charge in [0.15, 0.2) is 12.0 Å². The molecule has 2 rings (SSSR count). The molecule has 148 valence electrons. The molecule has 9 heteroatoms. The number of hydrogen-bond donors (Lipinski definition) is 2. The van der Waals surface area contributed by atoms with Crippen molar-refractivity contribution in [2.24, 2.45) is 5.41 Å². The SMILES string of the molecule is CCC(C)S(=O)(=O)OCC1(COC(C=O)=C(C=N)N2CCNCC2)CC1. The summed E-state index contributed by atoms with van der Waals surface area (Å²) in [4.78, 5) is 13.4. The molecule has 0 aromatic heterocycles. The maximum atomic E-state index is 12.0. The highest BCUT2D eigenvalue weighted by molar-refractivity contribution is 7.87. The highest BCUT2D eigenvalue weighted by Crippen LogP contribution is 2.46. The lowest BCUT2D eigenvalue weighted by Crippen LogP contribution is -2.43. The summed E-state index contributed by atoms with van der Waals surface area (Å²) < 4.78 is 34.9. The molecule has 1 aliphatic heterocycles. The standard InChI is InChI=1S/C17H29N3O5S/c1-3-14(2)26(22,23)25-13-17(4-5-17)12-24-16(11-21)15(10-18)20-8-6-19-7-9-20/h10-11,14,18-19H,3-9,12-13H2,1-2H3. The zero-order valence-electron chi connectivity index (χ0n) is 15.5. The van der Waals surface area contributed by atoms with E-state index in [-0.39, 0.29) is 24.4 Å². The summed E-state index contributed by atoms with van der Waals surface area (Å²) in [7, 11) is -3.57. The van der Waals surface area contributed by atoms with Gasteiger partial charge in [-0.2, -0.15) is 8.42 Å². The number of nitrogens with zero attached hydrogens (tertiary/aromatic N) is 1. The lowest BCUT2D eigenvalue weighted by Gasteiger charge is -2.30. The Balaban J connectivity index is 1.97. The summed E-state index contributed by atoms with van der Waals surface area (Å²) in [6.07, 6.45) is 3.84. The zero-order valence-corrected chi connectivity index (χ0v) is 16.3. The number of allylic oxidation sites excluding steroid dienone is 2. The Morgan fingerprint density at radius 3 is 2.46 bits per heavy atom. The van der Waals surface area contributed by atoms with Crippen LogP contribution in [0.3, 0.4) is 0 Å². The van der Waals surface area contributed by atoms with E-state index >= 15 is 0 Å². The molecular formula is C17H29N3O5S. The van der Waals surface area contributed by atoms with Crippen LogP contribution in [-0.2, 0) is 23.8 Å². The van der Waals surface area contributed by atoms with Gasteiger partial charge < -0.3 is 20.4 Å². The van der Waals surface area contributed by atoms with Gasteiger partial charge in [0.2, 0.25) is 0 Å². The van der Waals surface area contributed by atoms with Gasteiger partial charge in [-0.1, -0.05) is 6.92 Å². The van der Waals surface area contributed by atoms with Crippen LogP contribution in [0.2, 0.25) is 0 Å². The molecule has 1 atom stereocenters. The maximum Gasteiger partial charge on any atom is 0.269 e. The van der Waals surface area contributed by atoms with Crippen LogP contribution in [0.15, 0.2) is 11.5 Å². The van der Waals surface area contributed by atoms with Gasteiger partial charge in [-0.25, -0.2) is 0 Å². The molecule has 1 aliphatic carbocycles. The maximum absolute atomic E-state index is 12.0. The molecular weight excluding hydrogens is 358 g/mol. The molecule has 0 bridgehead atoms. The Hall–Kier alpha value is -1.45. The fourth-order valence-electron chi connectivity index (χ4n) is 2.66. The summed E-state index contributed by atoms with van der Waals surface area (Å²) in [5.41, 5.74) is 0.0937. The predicted octanol–water partition coefficient (Wildman–Crippen LogP) is 0.893. The van der Waals surface area contributed by atoms with E-state index < -0.39 is 15.4 Å². The summed E-state index contributed by atoms with van der Waals surface area (Å²) in [6.45, 7) is 6.68. The molecule has 1 unspecified atom stereocenters. The third-order valence-electron chi connectivity index (χ3n) is 5.04. The van der Waals surface area contributed by atoms with Crippen LogP contribution >= 0.6 is 0 Å². The third kappa shape index (κ3) is 5.28. The van der Waals surface area contributed by atoms with Crippen LogP contribution in [0.25, 0.3) is 0 Å². The molecule has 2 N–H and O–H groups in total. The van der Waals surface area contributed by atoms with E-state index in [9.17, 15) is 13.2 Å². The van der Waals surface area contributed by atoms with E-state index in [4.69, 9.17) is 14.3 Å². The average molecular weight is 388 g/mol. The van der Waals surface area contributed by atoms with E-state index in [1.54, 1.807) is 13.8 Å². The number of piperazine rings is 1. The summed E-state index contributed by atoms with van der Waals surface area (Å²) >= 11 is 0. The summed E-state index contributed by atoms with van der Waals surface area (Å²) in [5.74, 6) is 0.123. The first-order chi connectivity index (χ1) is 12.4. The first-order valence-electron chi connectivity index (χ1n) is 9.04. The Morgan fingerprint density at radius 1 is 1.31 bits per heavy atom. The van der Waals surface area contributed by atoms with E-state index in [1.807, 2.05) is 4.90 Å². The Morgan fingerprint density at radius 2 is 1.96 bits per heavy atom. The Labute approximate surface area is 155 Å². The first-order valence-corrected chi connectivity index (χ1v) is 10.5. The predicted molar refractivity (Wildman–Crippen MR) is 98.6 cm³/mol. The molecule has 1 heterocycles. The van der Waals surface area contributed by atoms with Crippen molar-refractivity contribution in [3.63, 3.8) is 0 Å². The largest absolute Gasteiger partial charge is 0.487 e. The van der Waals surface area contributed by atoms with Gasteiger partial charge in [-0.05, 0) is 26.2 Å². The van der Waals surface area contributed by atoms with Crippen LogP contribution in [0.1, 0.15) is 33.1 Å². The van der Waals surface area contributed by atoms with Gasteiger partial charge >= 0.3 is 0 Å². The molecule has 0 radical (unpaired) electrons. The Kier molecular flexibility index (Phi) is 7.19. The van der Waals surface area contributed by atoms with E-state index in [2.05, 4.69) is 5.32 Å². The second kappa shape index (κ2) is 8.96. The lowest BCUT2D eigenvalue weighted by molar-refractivity contribution is -0.108. The van der Waals surface area contributed by atoms with Crippen molar-refractivity contribution in [1.29, 1.82) is 5.41 Å². The highest BCUT2D eigenvalue weighted by atomic mass is 32.2. The molecule has 0 aromatic rings. The molecule has 0 spiro atoms. The lowest BCUT2D eigenvalue weighted by atomic mass is 10.1. The number of carbonyl (C=O) groups excluding carboxylic acids is 1. The minimum absolute atomic E-state index is 0.0688. The number of rotatable bonds is 11. The Bertz CT molecular complexity index is 637. The highest BCUT2D eigenvalue weighted by Gasteiger charge is 2.45. The molecule has 0 aromatic carbocycles. The van der Waals surface area contributed by atoms with E-state index in [1.165, 1.54) is 0 Å². The van der Waals surface area contributed by atoms with Gasteiger partial charge in [0, 0.05) is 37.8 Å². The molecule has 0 amide bonds. The van der Waals surface area contributed by atoms with Crippen molar-refractivity contribution in [2.45, 2.75) is 38.4 Å². The van der Waals surface area contributed by atoms with E-state index in [0.717, 1.165) is 32.1 Å². The number of nitrogens with one attached hydrogen (secondary N) is 2. The molecule has 1 saturated heterocycles. The fraction of sp³-hybridized carbons (Fsp3) is 0.765. The monoisotopic (exact) mass is 387 g/mol. The number of ether oxygens (including phenoxy) is 1. The molecule has 8 nitrogen and oxygen atoms in total. The smallest absolute Gasteiger partial charge is 0.269 e. The van der Waals surface area contributed by atoms with Gasteiger partial charge in [0.1, 0.15) is 5.70 Å². The van der Waals surface area contributed by atoms with Crippen LogP contribution in [0.5, 0.6) is 0 Å². The van der Waals surface area contributed by atoms with Crippen LogP contribution in [-0.4, -0.2) is 70.5 Å². The molecule has 1 saturated carbocycles. The number of carbonyl (C=O) groups is 1. The summed E-state index contributed by atoms with van der Waals surface area (Å²) in [5, 5.41) is 10.3. The van der Waals surface area contributed by atoms with Crippen molar-refractivity contribution in [3.8, 4) is 0 Å². The molecule has 2 aliphatic rings. The average Bonchev–Trinajstić information content (AvgIpc) is 3.44. The molecule has 2 fully saturated rings. The summed E-state index contributed by atoms with van der Waals surface area (Å²) in [6, 6.07) is 0. The minimum atomic E-state index is -3.57. The van der Waals surface area contributed by atoms with Crippen LogP contribution < -0.4 is 5.32 Å². The van der Waals surface area contributed by atoms with Crippen molar-refractivity contribution in [1.82, 2.24) is 10.2 Å². The minimum Gasteiger partial charge on any atom is -0.487 e. The second-order valence-corrected chi connectivity index (χ2v) is 9.04. The van der Waals surface area contributed by atoms with Gasteiger partial charge in [0.25, 0.3) is 10.1 Å². The quantitative estimate of drug-likeness (QED) is 0.178. The second-order valence-electron chi connectivity index (χ2n) is 7.01. The van der Waals surface area contributed by atoms with Crippen molar-refractivity contribution in [2.75, 3.05) is 39.4 Å². The fourth-order valence-corrected chi connectivity index (χ4v) is 3.71. The van der Waals surface area contributed by atoms with Crippen molar-refractivity contribution < 1.29 is 22.1 Å². The van der Waals surface area contributed by atoms with Crippen LogP contribution in [0.4, 0.5) is 0 Å². The van der Waals surface area contributed by atoms with Crippen LogP contribution in [0, 0.1) is 10.8 Å². The van der Waals surface area contributed by atoms with Crippen molar-refractivity contribution >= 4 is 22.6 Å². The van der Waals surface area contributed by atoms with Crippen molar-refractivity contribution in [3.05, 3.63) is 11.5 Å². The normalized spacial score (nSPS) is 21.5.